The molecule has 0 bridgehead atoms. The third kappa shape index (κ3) is 61.5. The van der Waals surface area contributed by atoms with Crippen LogP contribution in [0.3, 0.4) is 0 Å². The molecule has 0 aliphatic heterocycles. The third-order valence-corrected chi connectivity index (χ3v) is 0.732. The molecule has 0 aliphatic carbocycles. The van der Waals surface area contributed by atoms with Crippen molar-refractivity contribution in [2.45, 2.75) is 7.43 Å². The van der Waals surface area contributed by atoms with Gasteiger partial charge in [0.25, 0.3) is 0 Å². The largest absolute Gasteiger partial charge is 0.473 e. The molecule has 0 rings (SSSR count). The van der Waals surface area contributed by atoms with Gasteiger partial charge >= 0.3 is 47.8 Å². The molecule has 0 aromatic heterocycles. The number of carbonyl (C=O) groups is 8. The number of hydrogen-bond donors (Lipinski definition) is 8. The molecule has 18 nitrogen and oxygen atoms in total. The summed E-state index contributed by atoms with van der Waals surface area (Å²) in [4.78, 5) is 72.8. The molecule has 27 heavy (non-hydrogen) atoms. The number of hydrogen-bond acceptors (Lipinski definition) is 8. The maximum atomic E-state index is 9.10. The second-order valence-electron chi connectivity index (χ2n) is 2.44. The van der Waals surface area contributed by atoms with E-state index in [-0.39, 0.29) is 18.4 Å². The van der Waals surface area contributed by atoms with Crippen LogP contribution in [-0.2, 0) is 38.4 Å². The van der Waals surface area contributed by atoms with Crippen molar-refractivity contribution in [1.29, 1.82) is 0 Å². The molecule has 0 spiro atoms. The van der Waals surface area contributed by atoms with Gasteiger partial charge in [-0.3, -0.25) is 0 Å². The molecule has 0 saturated carbocycles. The topological polar surface area (TPSA) is 361 Å². The van der Waals surface area contributed by atoms with Crippen molar-refractivity contribution < 1.29 is 90.2 Å². The van der Waals surface area contributed by atoms with Crippen LogP contribution in [0.1, 0.15) is 7.43 Å². The van der Waals surface area contributed by atoms with E-state index in [1.165, 1.54) is 0 Å². The molecule has 0 radical (unpaired) electrons. The van der Waals surface area contributed by atoms with Crippen LogP contribution in [0.15, 0.2) is 0 Å². The van der Waals surface area contributed by atoms with Crippen molar-refractivity contribution in [3.8, 4) is 0 Å². The minimum atomic E-state index is -1.82. The van der Waals surface area contributed by atoms with Gasteiger partial charge < -0.3 is 51.8 Å². The van der Waals surface area contributed by atoms with Crippen molar-refractivity contribution in [1.82, 2.24) is 0 Å². The molecular weight excluding hydrogens is 396 g/mol. The highest BCUT2D eigenvalue weighted by Gasteiger charge is 2.05. The molecule has 0 saturated heterocycles. The highest BCUT2D eigenvalue weighted by molar-refractivity contribution is 6.28. The van der Waals surface area contributed by atoms with Crippen LogP contribution >= 0.6 is 0 Å². The summed E-state index contributed by atoms with van der Waals surface area (Å²) in [5.41, 5.74) is 0. The molecule has 12 N–H and O–H groups in total. The minimum Gasteiger partial charge on any atom is -0.473 e. The Morgan fingerprint density at radius 2 is 0.333 bits per heavy atom. The van der Waals surface area contributed by atoms with E-state index >= 15 is 0 Å². The number of carboxylic acids is 8. The van der Waals surface area contributed by atoms with E-state index in [0.29, 0.717) is 0 Å². The minimum absolute atomic E-state index is 0. The van der Waals surface area contributed by atoms with Gasteiger partial charge in [-0.15, -0.1) is 0 Å². The van der Waals surface area contributed by atoms with Crippen LogP contribution < -0.4 is 0 Å². The van der Waals surface area contributed by atoms with Gasteiger partial charge in [0.05, 0.1) is 0 Å². The molecule has 0 aromatic carbocycles. The van der Waals surface area contributed by atoms with E-state index in [0.717, 1.165) is 0 Å². The standard InChI is InChI=1S/4C2H2O4.CH4.2H2O/c4*3-1(4)2(5)6;;;/h4*(H,3,4)(H,5,6);1H4;2*1H2. The predicted octanol–water partition coefficient (Wildman–Crippen LogP) is -4.39. The second kappa shape index (κ2) is 23.9. The maximum absolute atomic E-state index is 9.10. The first kappa shape index (κ1) is 43.4. The van der Waals surface area contributed by atoms with E-state index in [2.05, 4.69) is 0 Å². The molecule has 0 atom stereocenters. The van der Waals surface area contributed by atoms with Gasteiger partial charge in [-0.25, -0.2) is 38.4 Å². The van der Waals surface area contributed by atoms with Crippen molar-refractivity contribution in [3.05, 3.63) is 0 Å². The highest BCUT2D eigenvalue weighted by atomic mass is 16.5. The molecular formula is C9H16O18. The number of aliphatic carboxylic acids is 8. The molecule has 0 amide bonds. The lowest BCUT2D eigenvalue weighted by Gasteiger charge is -1.72. The van der Waals surface area contributed by atoms with Crippen LogP contribution in [0.4, 0.5) is 0 Å². The molecule has 0 aromatic rings. The summed E-state index contributed by atoms with van der Waals surface area (Å²) in [5.74, 6) is -14.6. The van der Waals surface area contributed by atoms with Crippen molar-refractivity contribution in [3.63, 3.8) is 0 Å². The number of carboxylic acid groups (broad SMARTS) is 8. The normalized spacial score (nSPS) is 6.52. The van der Waals surface area contributed by atoms with Crippen molar-refractivity contribution >= 4 is 47.8 Å². The molecule has 0 unspecified atom stereocenters. The monoisotopic (exact) mass is 412 g/mol. The van der Waals surface area contributed by atoms with Gasteiger partial charge in [0.2, 0.25) is 0 Å². The van der Waals surface area contributed by atoms with Crippen LogP contribution in [0.25, 0.3) is 0 Å². The zero-order chi connectivity index (χ0) is 20.6. The second-order valence-corrected chi connectivity index (χ2v) is 2.44. The lowest BCUT2D eigenvalue weighted by molar-refractivity contribution is -0.159. The van der Waals surface area contributed by atoms with Crippen LogP contribution in [-0.4, -0.2) is 99.6 Å². The fraction of sp³-hybridized carbons (Fsp3) is 0.111. The molecule has 18 heteroatoms. The summed E-state index contributed by atoms with van der Waals surface area (Å²) in [6.07, 6.45) is 0. The average molecular weight is 412 g/mol. The van der Waals surface area contributed by atoms with E-state index in [9.17, 15) is 0 Å². The highest BCUT2D eigenvalue weighted by Crippen LogP contribution is 1.57. The quantitative estimate of drug-likeness (QED) is 0.174. The first-order valence-corrected chi connectivity index (χ1v) is 4.42. The van der Waals surface area contributed by atoms with Crippen molar-refractivity contribution in [2.75, 3.05) is 0 Å². The summed E-state index contributed by atoms with van der Waals surface area (Å²) >= 11 is 0. The Bertz CT molecular complexity index is 385. The summed E-state index contributed by atoms with van der Waals surface area (Å²) in [6.45, 7) is 0. The van der Waals surface area contributed by atoms with Crippen molar-refractivity contribution in [2.24, 2.45) is 0 Å². The Labute approximate surface area is 146 Å². The van der Waals surface area contributed by atoms with Gasteiger partial charge in [-0.2, -0.15) is 0 Å². The van der Waals surface area contributed by atoms with Crippen LogP contribution in [0.2, 0.25) is 0 Å². The molecule has 160 valence electrons. The van der Waals surface area contributed by atoms with E-state index in [4.69, 9.17) is 79.2 Å². The zero-order valence-corrected chi connectivity index (χ0v) is 11.8. The van der Waals surface area contributed by atoms with E-state index in [1.54, 1.807) is 0 Å². The smallest absolute Gasteiger partial charge is 0.414 e. The van der Waals surface area contributed by atoms with Gasteiger partial charge in [0.1, 0.15) is 0 Å². The SMILES string of the molecule is C.O.O.O=C(O)C(=O)O.O=C(O)C(=O)O.O=C(O)C(=O)O.O=C(O)C(=O)O. The molecule has 0 aliphatic rings. The van der Waals surface area contributed by atoms with E-state index < -0.39 is 47.8 Å². The van der Waals surface area contributed by atoms with Crippen LogP contribution in [0, 0.1) is 0 Å². The fourth-order valence-electron chi connectivity index (χ4n) is 0. The summed E-state index contributed by atoms with van der Waals surface area (Å²) in [5, 5.41) is 59.1. The average Bonchev–Trinajstić information content (AvgIpc) is 2.40. The Hall–Kier alpha value is -4.32. The fourth-order valence-corrected chi connectivity index (χ4v) is 0. The molecule has 0 fully saturated rings. The zero-order valence-electron chi connectivity index (χ0n) is 11.8. The maximum Gasteiger partial charge on any atom is 0.414 e. The Balaban J connectivity index is -0.0000000381. The van der Waals surface area contributed by atoms with Crippen LogP contribution in [0.5, 0.6) is 0 Å². The molecule has 0 heterocycles. The summed E-state index contributed by atoms with van der Waals surface area (Å²) in [6, 6.07) is 0. The lowest BCUT2D eigenvalue weighted by Crippen LogP contribution is -2.09. The van der Waals surface area contributed by atoms with Gasteiger partial charge in [0, 0.05) is 0 Å². The third-order valence-electron chi connectivity index (χ3n) is 0.732. The van der Waals surface area contributed by atoms with E-state index in [1.807, 2.05) is 0 Å². The Morgan fingerprint density at radius 1 is 0.296 bits per heavy atom. The number of rotatable bonds is 0. The van der Waals surface area contributed by atoms with Gasteiger partial charge in [-0.05, 0) is 0 Å². The van der Waals surface area contributed by atoms with Gasteiger partial charge in [0.15, 0.2) is 0 Å². The predicted molar refractivity (Wildman–Crippen MR) is 75.0 cm³/mol. The summed E-state index contributed by atoms with van der Waals surface area (Å²) in [7, 11) is 0. The first-order chi connectivity index (χ1) is 10.6. The summed E-state index contributed by atoms with van der Waals surface area (Å²) < 4.78 is 0. The van der Waals surface area contributed by atoms with Gasteiger partial charge in [-0.1, -0.05) is 7.43 Å². The Kier molecular flexibility index (Phi) is 38.4. The lowest BCUT2D eigenvalue weighted by atomic mass is 10.7. The first-order valence-electron chi connectivity index (χ1n) is 4.42. The Morgan fingerprint density at radius 3 is 0.333 bits per heavy atom.